The molecular weight excluding hydrogens is 186 g/mol. The summed E-state index contributed by atoms with van der Waals surface area (Å²) in [5.41, 5.74) is 0. The first-order valence-corrected chi connectivity index (χ1v) is 3.85. The van der Waals surface area contributed by atoms with Crippen molar-refractivity contribution >= 4 is 5.97 Å². The van der Waals surface area contributed by atoms with E-state index in [0.717, 1.165) is 0 Å². The lowest BCUT2D eigenvalue weighted by Gasteiger charge is -2.14. The first kappa shape index (κ1) is 10.3. The van der Waals surface area contributed by atoms with Crippen molar-refractivity contribution in [3.05, 3.63) is 0 Å². The number of carbonyl (C=O) groups is 1. The van der Waals surface area contributed by atoms with Gasteiger partial charge in [0, 0.05) is 12.5 Å². The number of halogens is 2. The summed E-state index contributed by atoms with van der Waals surface area (Å²) in [6.45, 7) is 0.599. The minimum atomic E-state index is -4.08. The largest absolute Gasteiger partial charge is 0.475 e. The summed E-state index contributed by atoms with van der Waals surface area (Å²) in [4.78, 5) is 9.92. The van der Waals surface area contributed by atoms with Gasteiger partial charge >= 0.3 is 12.1 Å². The fourth-order valence-electron chi connectivity index (χ4n) is 0.999. The molecule has 0 aliphatic carbocycles. The molecular formula is C7H10F2O4. The van der Waals surface area contributed by atoms with Crippen LogP contribution in [0.4, 0.5) is 8.78 Å². The SMILES string of the molecule is O=C(O)C(F)(F)OCC1CCOC1. The highest BCUT2D eigenvalue weighted by Gasteiger charge is 2.41. The van der Waals surface area contributed by atoms with Crippen LogP contribution in [0.5, 0.6) is 0 Å². The second-order valence-electron chi connectivity index (χ2n) is 2.86. The predicted octanol–water partition coefficient (Wildman–Crippen LogP) is 0.717. The molecule has 76 valence electrons. The van der Waals surface area contributed by atoms with Crippen molar-refractivity contribution in [2.45, 2.75) is 12.5 Å². The van der Waals surface area contributed by atoms with Crippen LogP contribution >= 0.6 is 0 Å². The highest BCUT2D eigenvalue weighted by atomic mass is 19.3. The lowest BCUT2D eigenvalue weighted by Crippen LogP contribution is -2.33. The van der Waals surface area contributed by atoms with E-state index in [-0.39, 0.29) is 12.5 Å². The number of aliphatic carboxylic acids is 1. The van der Waals surface area contributed by atoms with Crippen LogP contribution in [0, 0.1) is 5.92 Å². The van der Waals surface area contributed by atoms with Gasteiger partial charge in [-0.05, 0) is 6.42 Å². The molecule has 0 aromatic carbocycles. The van der Waals surface area contributed by atoms with Crippen LogP contribution in [0.25, 0.3) is 0 Å². The number of hydrogen-bond donors (Lipinski definition) is 1. The van der Waals surface area contributed by atoms with Crippen LogP contribution in [0.1, 0.15) is 6.42 Å². The monoisotopic (exact) mass is 196 g/mol. The third-order valence-electron chi connectivity index (χ3n) is 1.77. The number of carboxylic acids is 1. The molecule has 13 heavy (non-hydrogen) atoms. The first-order valence-electron chi connectivity index (χ1n) is 3.85. The van der Waals surface area contributed by atoms with E-state index in [9.17, 15) is 13.6 Å². The van der Waals surface area contributed by atoms with E-state index < -0.39 is 12.1 Å². The molecule has 1 aliphatic rings. The second kappa shape index (κ2) is 3.97. The van der Waals surface area contributed by atoms with Gasteiger partial charge in [0.1, 0.15) is 0 Å². The van der Waals surface area contributed by atoms with Crippen molar-refractivity contribution in [2.24, 2.45) is 5.92 Å². The third kappa shape index (κ3) is 2.89. The van der Waals surface area contributed by atoms with Crippen molar-refractivity contribution in [2.75, 3.05) is 19.8 Å². The van der Waals surface area contributed by atoms with Crippen molar-refractivity contribution in [1.82, 2.24) is 0 Å². The van der Waals surface area contributed by atoms with Crippen LogP contribution in [0.3, 0.4) is 0 Å². The maximum atomic E-state index is 12.3. The molecule has 1 N–H and O–H groups in total. The van der Waals surface area contributed by atoms with Gasteiger partial charge in [0.15, 0.2) is 0 Å². The first-order chi connectivity index (χ1) is 6.02. The Bertz CT molecular complexity index is 189. The maximum Gasteiger partial charge on any atom is 0.455 e. The topological polar surface area (TPSA) is 55.8 Å². The number of ether oxygens (including phenoxy) is 2. The standard InChI is InChI=1S/C7H10F2O4/c8-7(9,6(10)11)13-4-5-1-2-12-3-5/h5H,1-4H2,(H,10,11). The van der Waals surface area contributed by atoms with Gasteiger partial charge < -0.3 is 14.6 Å². The van der Waals surface area contributed by atoms with Gasteiger partial charge in [0.25, 0.3) is 0 Å². The molecule has 0 amide bonds. The molecule has 6 heteroatoms. The normalized spacial score (nSPS) is 23.4. The van der Waals surface area contributed by atoms with E-state index in [1.807, 2.05) is 0 Å². The summed E-state index contributed by atoms with van der Waals surface area (Å²) in [7, 11) is 0. The van der Waals surface area contributed by atoms with Gasteiger partial charge in [-0.3, -0.25) is 0 Å². The number of hydrogen-bond acceptors (Lipinski definition) is 3. The molecule has 0 radical (unpaired) electrons. The predicted molar refractivity (Wildman–Crippen MR) is 37.5 cm³/mol. The summed E-state index contributed by atoms with van der Waals surface area (Å²) in [6, 6.07) is 0. The Morgan fingerprint density at radius 2 is 2.38 bits per heavy atom. The second-order valence-corrected chi connectivity index (χ2v) is 2.86. The van der Waals surface area contributed by atoms with Crippen LogP contribution in [-0.4, -0.2) is 37.0 Å². The Morgan fingerprint density at radius 1 is 1.69 bits per heavy atom. The fraction of sp³-hybridized carbons (Fsp3) is 0.857. The molecule has 1 aliphatic heterocycles. The van der Waals surface area contributed by atoms with Crippen molar-refractivity contribution in [3.63, 3.8) is 0 Å². The molecule has 0 saturated carbocycles. The van der Waals surface area contributed by atoms with E-state index in [1.165, 1.54) is 0 Å². The van der Waals surface area contributed by atoms with Crippen LogP contribution < -0.4 is 0 Å². The Balaban J connectivity index is 2.28. The van der Waals surface area contributed by atoms with Gasteiger partial charge in [-0.1, -0.05) is 0 Å². The molecule has 1 saturated heterocycles. The maximum absolute atomic E-state index is 12.3. The molecule has 1 atom stereocenters. The zero-order valence-corrected chi connectivity index (χ0v) is 6.83. The van der Waals surface area contributed by atoms with Gasteiger partial charge in [-0.25, -0.2) is 4.79 Å². The Labute approximate surface area is 73.4 Å². The molecule has 0 spiro atoms. The van der Waals surface area contributed by atoms with Crippen LogP contribution in [-0.2, 0) is 14.3 Å². The molecule has 0 aromatic rings. The molecule has 1 fully saturated rings. The summed E-state index contributed by atoms with van der Waals surface area (Å²) >= 11 is 0. The minimum absolute atomic E-state index is 0.120. The van der Waals surface area contributed by atoms with Gasteiger partial charge in [-0.15, -0.1) is 0 Å². The van der Waals surface area contributed by atoms with E-state index in [1.54, 1.807) is 0 Å². The number of carboxylic acid groups (broad SMARTS) is 1. The van der Waals surface area contributed by atoms with E-state index >= 15 is 0 Å². The average Bonchev–Trinajstić information content (AvgIpc) is 2.52. The molecule has 1 heterocycles. The number of rotatable bonds is 4. The van der Waals surface area contributed by atoms with E-state index in [2.05, 4.69) is 4.74 Å². The highest BCUT2D eigenvalue weighted by Crippen LogP contribution is 2.20. The lowest BCUT2D eigenvalue weighted by molar-refractivity contribution is -0.249. The van der Waals surface area contributed by atoms with Crippen molar-refractivity contribution in [3.8, 4) is 0 Å². The van der Waals surface area contributed by atoms with Crippen molar-refractivity contribution in [1.29, 1.82) is 0 Å². The Kier molecular flexibility index (Phi) is 3.16. The zero-order chi connectivity index (χ0) is 9.90. The quantitative estimate of drug-likeness (QED) is 0.719. The van der Waals surface area contributed by atoms with Crippen LogP contribution in [0.2, 0.25) is 0 Å². The summed E-state index contributed by atoms with van der Waals surface area (Å²) in [5.74, 6) is -2.38. The third-order valence-corrected chi connectivity index (χ3v) is 1.77. The van der Waals surface area contributed by atoms with Gasteiger partial charge in [0.05, 0.1) is 13.2 Å². The molecule has 1 unspecified atom stereocenters. The smallest absolute Gasteiger partial charge is 0.455 e. The number of alkyl halides is 2. The average molecular weight is 196 g/mol. The summed E-state index contributed by atoms with van der Waals surface area (Å²) < 4.78 is 33.5. The van der Waals surface area contributed by atoms with Gasteiger partial charge in [0.2, 0.25) is 0 Å². The van der Waals surface area contributed by atoms with Crippen LogP contribution in [0.15, 0.2) is 0 Å². The fourth-order valence-corrected chi connectivity index (χ4v) is 0.999. The van der Waals surface area contributed by atoms with Gasteiger partial charge in [-0.2, -0.15) is 8.78 Å². The molecule has 1 rings (SSSR count). The molecule has 4 nitrogen and oxygen atoms in total. The highest BCUT2D eigenvalue weighted by molar-refractivity contribution is 5.73. The van der Waals surface area contributed by atoms with Crippen molar-refractivity contribution < 1.29 is 28.2 Å². The summed E-state index contributed by atoms with van der Waals surface area (Å²) in [6.07, 6.45) is -3.45. The Morgan fingerprint density at radius 3 is 2.85 bits per heavy atom. The zero-order valence-electron chi connectivity index (χ0n) is 6.83. The molecule has 0 aromatic heterocycles. The minimum Gasteiger partial charge on any atom is -0.475 e. The van der Waals surface area contributed by atoms with E-state index in [4.69, 9.17) is 9.84 Å². The molecule has 0 bridgehead atoms. The van der Waals surface area contributed by atoms with E-state index in [0.29, 0.717) is 19.6 Å². The Hall–Kier alpha value is -0.750. The lowest BCUT2D eigenvalue weighted by atomic mass is 10.1. The summed E-state index contributed by atoms with van der Waals surface area (Å²) in [5, 5.41) is 8.01.